The number of esters is 1. The molecular formula is C18H23BrN4O4S2. The highest BCUT2D eigenvalue weighted by Gasteiger charge is 2.32. The predicted molar refractivity (Wildman–Crippen MR) is 118 cm³/mol. The van der Waals surface area contributed by atoms with Gasteiger partial charge in [0.1, 0.15) is 15.8 Å². The van der Waals surface area contributed by atoms with E-state index in [0.29, 0.717) is 23.2 Å². The molecule has 2 amide bonds. The number of thiophene rings is 1. The lowest BCUT2D eigenvalue weighted by Gasteiger charge is -2.13. The lowest BCUT2D eigenvalue weighted by atomic mass is 10.1. The van der Waals surface area contributed by atoms with E-state index in [0.717, 1.165) is 34.0 Å². The van der Waals surface area contributed by atoms with Gasteiger partial charge >= 0.3 is 5.97 Å². The topological polar surface area (TPSA) is 120 Å². The smallest absolute Gasteiger partial charge is 0.341 e. The first-order chi connectivity index (χ1) is 13.9. The highest BCUT2D eigenvalue weighted by Crippen LogP contribution is 2.38. The molecule has 0 spiro atoms. The third-order valence-corrected chi connectivity index (χ3v) is 7.68. The largest absolute Gasteiger partial charge is 0.462 e. The van der Waals surface area contributed by atoms with Crippen LogP contribution in [0.5, 0.6) is 0 Å². The fraction of sp³-hybridized carbons (Fsp3) is 0.556. The molecule has 0 aromatic carbocycles. The Balaban J connectivity index is 1.74. The summed E-state index contributed by atoms with van der Waals surface area (Å²) in [4.78, 5) is 36.9. The van der Waals surface area contributed by atoms with Gasteiger partial charge in [0.15, 0.2) is 5.17 Å². The third-order valence-electron chi connectivity index (χ3n) is 4.77. The summed E-state index contributed by atoms with van der Waals surface area (Å²) >= 11 is 5.79. The molecule has 1 unspecified atom stereocenters. The van der Waals surface area contributed by atoms with Gasteiger partial charge in [-0.3, -0.25) is 15.0 Å². The van der Waals surface area contributed by atoms with Crippen molar-refractivity contribution in [2.75, 3.05) is 11.9 Å². The zero-order valence-electron chi connectivity index (χ0n) is 15.9. The van der Waals surface area contributed by atoms with Crippen LogP contribution >= 0.6 is 39.0 Å². The Hall–Kier alpha value is -1.43. The minimum absolute atomic E-state index is 0.0409. The maximum Gasteiger partial charge on any atom is 0.341 e. The van der Waals surface area contributed by atoms with E-state index in [1.807, 2.05) is 0 Å². The molecule has 2 aliphatic rings. The monoisotopic (exact) mass is 502 g/mol. The van der Waals surface area contributed by atoms with Gasteiger partial charge in [-0.05, 0) is 35.7 Å². The summed E-state index contributed by atoms with van der Waals surface area (Å²) in [5.74, 6) is -1.22. The summed E-state index contributed by atoms with van der Waals surface area (Å²) in [6, 6.07) is 0.433. The number of ether oxygens (including phenoxy) is 1. The number of anilines is 1. The summed E-state index contributed by atoms with van der Waals surface area (Å²) in [6.45, 7) is 2.47. The summed E-state index contributed by atoms with van der Waals surface area (Å²) in [7, 11) is 0. The Morgan fingerprint density at radius 3 is 2.69 bits per heavy atom. The van der Waals surface area contributed by atoms with Crippen LogP contribution in [0.1, 0.15) is 54.9 Å². The summed E-state index contributed by atoms with van der Waals surface area (Å²) in [5, 5.41) is 15.9. The number of hydrogen-bond donors (Lipinski definition) is 4. The number of rotatable bonds is 8. The number of hydrogen-bond acceptors (Lipinski definition) is 8. The summed E-state index contributed by atoms with van der Waals surface area (Å²) in [6.07, 6.45) is 4.58. The molecule has 0 bridgehead atoms. The first-order valence-corrected chi connectivity index (χ1v) is 12.0. The normalized spacial score (nSPS) is 19.4. The van der Waals surface area contributed by atoms with Crippen LogP contribution < -0.4 is 16.0 Å². The lowest BCUT2D eigenvalue weighted by Crippen LogP contribution is -2.28. The second kappa shape index (κ2) is 10.1. The second-order valence-corrected chi connectivity index (χ2v) is 10.4. The van der Waals surface area contributed by atoms with Crippen LogP contribution in [0.25, 0.3) is 0 Å². The maximum atomic E-state index is 12.6. The van der Waals surface area contributed by atoms with Gasteiger partial charge in [0.2, 0.25) is 11.8 Å². The molecule has 1 saturated heterocycles. The van der Waals surface area contributed by atoms with E-state index in [-0.39, 0.29) is 30.0 Å². The van der Waals surface area contributed by atoms with E-state index in [9.17, 15) is 14.4 Å². The van der Waals surface area contributed by atoms with Crippen LogP contribution in [-0.4, -0.2) is 40.8 Å². The number of nitrogens with one attached hydrogen (secondary N) is 4. The van der Waals surface area contributed by atoms with E-state index in [1.54, 1.807) is 6.92 Å². The highest BCUT2D eigenvalue weighted by atomic mass is 79.9. The molecule has 1 aliphatic heterocycles. The molecule has 1 aromatic heterocycles. The van der Waals surface area contributed by atoms with Crippen molar-refractivity contribution in [3.8, 4) is 0 Å². The van der Waals surface area contributed by atoms with Crippen LogP contribution in [0.2, 0.25) is 0 Å². The predicted octanol–water partition coefficient (Wildman–Crippen LogP) is 3.21. The molecule has 4 N–H and O–H groups in total. The minimum atomic E-state index is -0.638. The fourth-order valence-corrected chi connectivity index (χ4v) is 6.00. The molecule has 1 aliphatic carbocycles. The number of carbonyl (C=O) groups excluding carboxylic acids is 3. The van der Waals surface area contributed by atoms with Gasteiger partial charge in [-0.1, -0.05) is 24.6 Å². The lowest BCUT2D eigenvalue weighted by molar-refractivity contribution is -0.122. The van der Waals surface area contributed by atoms with Gasteiger partial charge in [0, 0.05) is 24.6 Å². The Morgan fingerprint density at radius 1 is 1.34 bits per heavy atom. The number of amidine groups is 1. The van der Waals surface area contributed by atoms with Crippen LogP contribution in [0.15, 0.2) is 3.79 Å². The molecule has 29 heavy (non-hydrogen) atoms. The first kappa shape index (κ1) is 22.3. The molecule has 158 valence electrons. The molecule has 11 heteroatoms. The van der Waals surface area contributed by atoms with Crippen molar-refractivity contribution >= 4 is 67.0 Å². The molecule has 3 rings (SSSR count). The molecule has 2 fully saturated rings. The molecular weight excluding hydrogens is 480 g/mol. The summed E-state index contributed by atoms with van der Waals surface area (Å²) in [5.41, 5.74) is 1.12. The number of thioether (sulfide) groups is 1. The SMILES string of the molecule is CCOC(=O)c1c(NC(=O)CC2SC(=N)NC2=O)sc(Br)c1CNC1CCCC1. The summed E-state index contributed by atoms with van der Waals surface area (Å²) < 4.78 is 5.97. The van der Waals surface area contributed by atoms with Crippen LogP contribution in [0.3, 0.4) is 0 Å². The Morgan fingerprint density at radius 2 is 2.07 bits per heavy atom. The minimum Gasteiger partial charge on any atom is -0.462 e. The average Bonchev–Trinajstić information content (AvgIpc) is 3.34. The van der Waals surface area contributed by atoms with Crippen molar-refractivity contribution < 1.29 is 19.1 Å². The van der Waals surface area contributed by atoms with Crippen molar-refractivity contribution in [2.24, 2.45) is 0 Å². The quantitative estimate of drug-likeness (QED) is 0.405. The highest BCUT2D eigenvalue weighted by molar-refractivity contribution is 9.11. The van der Waals surface area contributed by atoms with Crippen LogP contribution in [-0.2, 0) is 20.9 Å². The van der Waals surface area contributed by atoms with E-state index in [2.05, 4.69) is 31.9 Å². The Labute approximate surface area is 185 Å². The van der Waals surface area contributed by atoms with E-state index in [1.165, 1.54) is 24.2 Å². The standard InChI is InChI=1S/C18H23BrN4O4S2/c1-2-27-17(26)13-10(8-21-9-5-3-4-6-9)14(19)29-16(13)22-12(24)7-11-15(25)23-18(20)28-11/h9,11,21H,2-8H2,1H3,(H,22,24)(H2,20,23,25). The van der Waals surface area contributed by atoms with Gasteiger partial charge in [-0.25, -0.2) is 4.79 Å². The van der Waals surface area contributed by atoms with Crippen molar-refractivity contribution in [3.05, 3.63) is 14.9 Å². The van der Waals surface area contributed by atoms with Gasteiger partial charge in [-0.15, -0.1) is 11.3 Å². The van der Waals surface area contributed by atoms with Crippen molar-refractivity contribution in [3.63, 3.8) is 0 Å². The number of halogens is 1. The van der Waals surface area contributed by atoms with E-state index >= 15 is 0 Å². The van der Waals surface area contributed by atoms with E-state index < -0.39 is 11.2 Å². The molecule has 0 radical (unpaired) electrons. The van der Waals surface area contributed by atoms with Crippen molar-refractivity contribution in [2.45, 2.75) is 56.9 Å². The zero-order chi connectivity index (χ0) is 21.0. The van der Waals surface area contributed by atoms with Gasteiger partial charge < -0.3 is 20.7 Å². The molecule has 1 saturated carbocycles. The van der Waals surface area contributed by atoms with Crippen LogP contribution in [0, 0.1) is 5.41 Å². The fourth-order valence-electron chi connectivity index (χ4n) is 3.38. The second-order valence-electron chi connectivity index (χ2n) is 6.82. The van der Waals surface area contributed by atoms with Gasteiger partial charge in [0.05, 0.1) is 10.4 Å². The molecule has 1 atom stereocenters. The third kappa shape index (κ3) is 5.59. The van der Waals surface area contributed by atoms with Crippen molar-refractivity contribution in [1.29, 1.82) is 5.41 Å². The number of carbonyl (C=O) groups is 3. The first-order valence-electron chi connectivity index (χ1n) is 9.46. The molecule has 8 nitrogen and oxygen atoms in total. The Kier molecular flexibility index (Phi) is 7.72. The average molecular weight is 503 g/mol. The zero-order valence-corrected chi connectivity index (χ0v) is 19.2. The Bertz CT molecular complexity index is 823. The van der Waals surface area contributed by atoms with Gasteiger partial charge in [-0.2, -0.15) is 0 Å². The molecule has 1 aromatic rings. The molecule has 2 heterocycles. The van der Waals surface area contributed by atoms with Gasteiger partial charge in [0.25, 0.3) is 0 Å². The number of amides is 2. The van der Waals surface area contributed by atoms with Crippen LogP contribution in [0.4, 0.5) is 5.00 Å². The maximum absolute atomic E-state index is 12.6. The van der Waals surface area contributed by atoms with Crippen molar-refractivity contribution in [1.82, 2.24) is 10.6 Å². The van der Waals surface area contributed by atoms with E-state index in [4.69, 9.17) is 10.1 Å².